The van der Waals surface area contributed by atoms with Gasteiger partial charge in [0.05, 0.1) is 0 Å². The summed E-state index contributed by atoms with van der Waals surface area (Å²) in [6.07, 6.45) is 2.48. The van der Waals surface area contributed by atoms with Crippen LogP contribution in [0.25, 0.3) is 0 Å². The van der Waals surface area contributed by atoms with Crippen LogP contribution in [0.15, 0.2) is 71.4 Å². The van der Waals surface area contributed by atoms with Crippen molar-refractivity contribution in [3.05, 3.63) is 88.1 Å². The van der Waals surface area contributed by atoms with Crippen molar-refractivity contribution in [2.75, 3.05) is 11.9 Å². The van der Waals surface area contributed by atoms with Gasteiger partial charge < -0.3 is 5.32 Å². The first-order valence-corrected chi connectivity index (χ1v) is 9.95. The van der Waals surface area contributed by atoms with E-state index in [1.165, 1.54) is 24.0 Å². The van der Waals surface area contributed by atoms with Crippen molar-refractivity contribution in [3.63, 3.8) is 0 Å². The molecule has 0 radical (unpaired) electrons. The minimum absolute atomic E-state index is 0.0694. The van der Waals surface area contributed by atoms with Crippen LogP contribution in [0, 0.1) is 0 Å². The van der Waals surface area contributed by atoms with Gasteiger partial charge in [-0.3, -0.25) is 9.69 Å². The van der Waals surface area contributed by atoms with Crippen molar-refractivity contribution in [2.45, 2.75) is 25.4 Å². The minimum Gasteiger partial charge on any atom is -0.322 e. The van der Waals surface area contributed by atoms with Crippen LogP contribution in [0.1, 0.15) is 40.4 Å². The number of nitrogens with one attached hydrogen (secondary N) is 1. The molecule has 1 atom stereocenters. The van der Waals surface area contributed by atoms with Crippen LogP contribution in [0.4, 0.5) is 5.69 Å². The molecular formula is C22H22N2OS. The average molecular weight is 362 g/mol. The second-order valence-corrected chi connectivity index (χ2v) is 7.48. The third-order valence-corrected chi connectivity index (χ3v) is 5.63. The van der Waals surface area contributed by atoms with Gasteiger partial charge in [-0.25, -0.2) is 0 Å². The highest BCUT2D eigenvalue weighted by molar-refractivity contribution is 7.07. The van der Waals surface area contributed by atoms with Crippen LogP contribution >= 0.6 is 11.3 Å². The fourth-order valence-electron chi connectivity index (χ4n) is 3.58. The predicted octanol–water partition coefficient (Wildman–Crippen LogP) is 5.34. The van der Waals surface area contributed by atoms with E-state index >= 15 is 0 Å². The van der Waals surface area contributed by atoms with Gasteiger partial charge in [0.1, 0.15) is 0 Å². The molecule has 0 aliphatic carbocycles. The van der Waals surface area contributed by atoms with Crippen LogP contribution in [0.5, 0.6) is 0 Å². The van der Waals surface area contributed by atoms with E-state index < -0.39 is 0 Å². The molecule has 132 valence electrons. The number of benzene rings is 2. The number of carbonyl (C=O) groups is 1. The van der Waals surface area contributed by atoms with E-state index in [1.807, 2.05) is 42.5 Å². The van der Waals surface area contributed by atoms with E-state index in [4.69, 9.17) is 0 Å². The topological polar surface area (TPSA) is 32.3 Å². The maximum atomic E-state index is 12.4. The van der Waals surface area contributed by atoms with Crippen LogP contribution in [-0.4, -0.2) is 17.4 Å². The monoisotopic (exact) mass is 362 g/mol. The number of nitrogens with zero attached hydrogens (tertiary/aromatic N) is 1. The molecule has 0 saturated carbocycles. The molecule has 4 rings (SSSR count). The quantitative estimate of drug-likeness (QED) is 0.665. The first kappa shape index (κ1) is 17.0. The molecule has 1 aromatic heterocycles. The van der Waals surface area contributed by atoms with Gasteiger partial charge in [0.15, 0.2) is 0 Å². The standard InChI is InChI=1S/C22H22N2OS/c25-22(23-20-5-2-1-3-6-20)18-10-8-17(9-11-18)15-24-13-4-7-21(24)19-12-14-26-16-19/h1-3,5-6,8-12,14,16,21H,4,7,13,15H2,(H,23,25). The average Bonchev–Trinajstić information content (AvgIpc) is 3.34. The number of rotatable bonds is 5. The number of hydrogen-bond acceptors (Lipinski definition) is 3. The van der Waals surface area contributed by atoms with Crippen molar-refractivity contribution in [1.82, 2.24) is 4.90 Å². The van der Waals surface area contributed by atoms with E-state index in [0.717, 1.165) is 18.8 Å². The zero-order chi connectivity index (χ0) is 17.8. The van der Waals surface area contributed by atoms with Crippen LogP contribution < -0.4 is 5.32 Å². The molecule has 2 heterocycles. The van der Waals surface area contributed by atoms with Crippen molar-refractivity contribution in [3.8, 4) is 0 Å². The van der Waals surface area contributed by atoms with E-state index in [0.29, 0.717) is 11.6 Å². The lowest BCUT2D eigenvalue weighted by atomic mass is 10.1. The summed E-state index contributed by atoms with van der Waals surface area (Å²) < 4.78 is 0. The summed E-state index contributed by atoms with van der Waals surface area (Å²) in [6.45, 7) is 2.07. The van der Waals surface area contributed by atoms with E-state index in [-0.39, 0.29) is 5.91 Å². The van der Waals surface area contributed by atoms with Gasteiger partial charge in [-0.1, -0.05) is 30.3 Å². The SMILES string of the molecule is O=C(Nc1ccccc1)c1ccc(CN2CCCC2c2ccsc2)cc1. The lowest BCUT2D eigenvalue weighted by Gasteiger charge is -2.24. The Hall–Kier alpha value is -2.43. The Morgan fingerprint density at radius 3 is 2.62 bits per heavy atom. The molecule has 1 N–H and O–H groups in total. The zero-order valence-corrected chi connectivity index (χ0v) is 15.4. The molecule has 0 bridgehead atoms. The molecule has 26 heavy (non-hydrogen) atoms. The first-order chi connectivity index (χ1) is 12.8. The van der Waals surface area contributed by atoms with E-state index in [2.05, 4.69) is 39.2 Å². The number of hydrogen-bond donors (Lipinski definition) is 1. The summed E-state index contributed by atoms with van der Waals surface area (Å²) in [6, 6.07) is 20.3. The molecule has 1 aliphatic rings. The van der Waals surface area contributed by atoms with Crippen LogP contribution in [-0.2, 0) is 6.54 Å². The van der Waals surface area contributed by atoms with Gasteiger partial charge in [0.2, 0.25) is 0 Å². The second-order valence-electron chi connectivity index (χ2n) is 6.70. The Labute approximate surface area is 158 Å². The number of anilines is 1. The Morgan fingerprint density at radius 1 is 1.08 bits per heavy atom. The molecule has 0 spiro atoms. The first-order valence-electron chi connectivity index (χ1n) is 9.01. The van der Waals surface area contributed by atoms with Crippen molar-refractivity contribution < 1.29 is 4.79 Å². The van der Waals surface area contributed by atoms with Gasteiger partial charge in [-0.05, 0) is 71.6 Å². The van der Waals surface area contributed by atoms with Gasteiger partial charge >= 0.3 is 0 Å². The van der Waals surface area contributed by atoms with Gasteiger partial charge in [-0.2, -0.15) is 11.3 Å². The Kier molecular flexibility index (Phi) is 5.14. The predicted molar refractivity (Wildman–Crippen MR) is 108 cm³/mol. The number of likely N-dealkylation sites (tertiary alicyclic amines) is 1. The number of para-hydroxylation sites is 1. The summed E-state index contributed by atoms with van der Waals surface area (Å²) in [4.78, 5) is 14.9. The van der Waals surface area contributed by atoms with Gasteiger partial charge in [0, 0.05) is 23.8 Å². The maximum Gasteiger partial charge on any atom is 0.255 e. The highest BCUT2D eigenvalue weighted by atomic mass is 32.1. The molecule has 4 heteroatoms. The third-order valence-electron chi connectivity index (χ3n) is 4.93. The molecule has 3 aromatic rings. The zero-order valence-electron chi connectivity index (χ0n) is 14.6. The maximum absolute atomic E-state index is 12.4. The third kappa shape index (κ3) is 3.87. The summed E-state index contributed by atoms with van der Waals surface area (Å²) >= 11 is 1.77. The minimum atomic E-state index is -0.0694. The summed E-state index contributed by atoms with van der Waals surface area (Å²) in [5.74, 6) is -0.0694. The normalized spacial score (nSPS) is 17.3. The molecule has 2 aromatic carbocycles. The Balaban J connectivity index is 1.40. The van der Waals surface area contributed by atoms with E-state index in [1.54, 1.807) is 11.3 Å². The molecule has 1 aliphatic heterocycles. The van der Waals surface area contributed by atoms with Gasteiger partial charge in [-0.15, -0.1) is 0 Å². The molecule has 3 nitrogen and oxygen atoms in total. The van der Waals surface area contributed by atoms with Crippen LogP contribution in [0.2, 0.25) is 0 Å². The lowest BCUT2D eigenvalue weighted by Crippen LogP contribution is -2.22. The number of thiophene rings is 1. The van der Waals surface area contributed by atoms with Crippen molar-refractivity contribution in [2.24, 2.45) is 0 Å². The Morgan fingerprint density at radius 2 is 1.88 bits per heavy atom. The molecule has 1 unspecified atom stereocenters. The molecule has 1 amide bonds. The van der Waals surface area contributed by atoms with Gasteiger partial charge in [0.25, 0.3) is 5.91 Å². The van der Waals surface area contributed by atoms with Crippen molar-refractivity contribution in [1.29, 1.82) is 0 Å². The number of amides is 1. The summed E-state index contributed by atoms with van der Waals surface area (Å²) in [5.41, 5.74) is 4.19. The molecule has 1 fully saturated rings. The van der Waals surface area contributed by atoms with Crippen LogP contribution in [0.3, 0.4) is 0 Å². The van der Waals surface area contributed by atoms with Crippen molar-refractivity contribution >= 4 is 22.9 Å². The molecular weight excluding hydrogens is 340 g/mol. The highest BCUT2D eigenvalue weighted by Gasteiger charge is 2.26. The summed E-state index contributed by atoms with van der Waals surface area (Å²) in [5, 5.41) is 7.35. The lowest BCUT2D eigenvalue weighted by molar-refractivity contribution is 0.102. The largest absolute Gasteiger partial charge is 0.322 e. The molecule has 1 saturated heterocycles. The second kappa shape index (κ2) is 7.85. The smallest absolute Gasteiger partial charge is 0.255 e. The highest BCUT2D eigenvalue weighted by Crippen LogP contribution is 2.34. The fraction of sp³-hybridized carbons (Fsp3) is 0.227. The summed E-state index contributed by atoms with van der Waals surface area (Å²) in [7, 11) is 0. The van der Waals surface area contributed by atoms with E-state index in [9.17, 15) is 4.79 Å². The Bertz CT molecular complexity index is 844. The number of carbonyl (C=O) groups excluding carboxylic acids is 1. The fourth-order valence-corrected chi connectivity index (χ4v) is 4.29.